The molecule has 0 spiro atoms. The number of nitrogens with zero attached hydrogens (tertiary/aromatic N) is 1. The summed E-state index contributed by atoms with van der Waals surface area (Å²) in [6, 6.07) is 6.33. The Morgan fingerprint density at radius 1 is 1.19 bits per heavy atom. The number of amides is 1. The lowest BCUT2D eigenvalue weighted by atomic mass is 9.87. The van der Waals surface area contributed by atoms with Crippen molar-refractivity contribution in [2.75, 3.05) is 13.7 Å². The molecule has 116 valence electrons. The molecule has 3 nitrogen and oxygen atoms in total. The molecule has 1 aliphatic carbocycles. The van der Waals surface area contributed by atoms with Crippen LogP contribution in [0.2, 0.25) is 0 Å². The van der Waals surface area contributed by atoms with E-state index in [0.717, 1.165) is 24.5 Å². The Kier molecular flexibility index (Phi) is 5.27. The smallest absolute Gasteiger partial charge is 0.260 e. The molecule has 1 saturated carbocycles. The minimum Gasteiger partial charge on any atom is -0.484 e. The summed E-state index contributed by atoms with van der Waals surface area (Å²) in [7, 11) is 1.91. The zero-order valence-corrected chi connectivity index (χ0v) is 13.7. The minimum atomic E-state index is 0.0766. The molecule has 1 fully saturated rings. The lowest BCUT2D eigenvalue weighted by Crippen LogP contribution is -2.41. The standard InChI is InChI=1S/C18H27NO2/c1-13-5-8-16(9-6-13)19(4)18(20)12-21-17-10-7-14(2)15(3)11-17/h7,10-11,13,16H,5-6,8-9,12H2,1-4H3. The van der Waals surface area contributed by atoms with Gasteiger partial charge in [-0.15, -0.1) is 0 Å². The summed E-state index contributed by atoms with van der Waals surface area (Å²) < 4.78 is 5.65. The highest BCUT2D eigenvalue weighted by Gasteiger charge is 2.24. The van der Waals surface area contributed by atoms with Gasteiger partial charge >= 0.3 is 0 Å². The van der Waals surface area contributed by atoms with Gasteiger partial charge in [0.2, 0.25) is 0 Å². The number of rotatable bonds is 4. The second-order valence-electron chi connectivity index (χ2n) is 6.45. The molecule has 3 heteroatoms. The summed E-state index contributed by atoms with van der Waals surface area (Å²) in [5.41, 5.74) is 2.43. The summed E-state index contributed by atoms with van der Waals surface area (Å²) in [4.78, 5) is 14.1. The molecule has 0 bridgehead atoms. The van der Waals surface area contributed by atoms with Crippen LogP contribution < -0.4 is 4.74 Å². The maximum Gasteiger partial charge on any atom is 0.260 e. The van der Waals surface area contributed by atoms with Gasteiger partial charge in [0.1, 0.15) is 5.75 Å². The second-order valence-corrected chi connectivity index (χ2v) is 6.45. The Morgan fingerprint density at radius 2 is 1.86 bits per heavy atom. The molecular formula is C18H27NO2. The van der Waals surface area contributed by atoms with E-state index < -0.39 is 0 Å². The minimum absolute atomic E-state index is 0.0766. The molecule has 0 N–H and O–H groups in total. The van der Waals surface area contributed by atoms with Gasteiger partial charge in [-0.25, -0.2) is 0 Å². The fourth-order valence-corrected chi connectivity index (χ4v) is 2.88. The van der Waals surface area contributed by atoms with Crippen LogP contribution in [0.15, 0.2) is 18.2 Å². The first-order valence-corrected chi connectivity index (χ1v) is 7.93. The molecule has 0 aliphatic heterocycles. The summed E-state index contributed by atoms with van der Waals surface area (Å²) in [5, 5.41) is 0. The Bertz CT molecular complexity index is 490. The number of ether oxygens (including phenoxy) is 1. The molecular weight excluding hydrogens is 262 g/mol. The van der Waals surface area contributed by atoms with Crippen molar-refractivity contribution in [1.29, 1.82) is 0 Å². The fraction of sp³-hybridized carbons (Fsp3) is 0.611. The lowest BCUT2D eigenvalue weighted by Gasteiger charge is -2.33. The Labute approximate surface area is 128 Å². The highest BCUT2D eigenvalue weighted by Crippen LogP contribution is 2.26. The molecule has 21 heavy (non-hydrogen) atoms. The lowest BCUT2D eigenvalue weighted by molar-refractivity contribution is -0.134. The van der Waals surface area contributed by atoms with E-state index in [1.165, 1.54) is 24.0 Å². The van der Waals surface area contributed by atoms with Gasteiger partial charge in [-0.2, -0.15) is 0 Å². The van der Waals surface area contributed by atoms with Gasteiger partial charge in [0.05, 0.1) is 0 Å². The molecule has 0 heterocycles. The van der Waals surface area contributed by atoms with E-state index in [2.05, 4.69) is 20.8 Å². The van der Waals surface area contributed by atoms with Crippen LogP contribution in [-0.4, -0.2) is 30.5 Å². The maximum absolute atomic E-state index is 12.2. The maximum atomic E-state index is 12.2. The normalized spacial score (nSPS) is 21.9. The number of hydrogen-bond donors (Lipinski definition) is 0. The third-order valence-corrected chi connectivity index (χ3v) is 4.77. The topological polar surface area (TPSA) is 29.5 Å². The first-order chi connectivity index (χ1) is 9.97. The number of aryl methyl sites for hydroxylation is 2. The van der Waals surface area contributed by atoms with Crippen LogP contribution in [0.4, 0.5) is 0 Å². The number of likely N-dealkylation sites (N-methyl/N-ethyl adjacent to an activating group) is 1. The van der Waals surface area contributed by atoms with Crippen molar-refractivity contribution in [2.45, 2.75) is 52.5 Å². The third-order valence-electron chi connectivity index (χ3n) is 4.77. The Balaban J connectivity index is 1.84. The molecule has 0 aromatic heterocycles. The zero-order valence-electron chi connectivity index (χ0n) is 13.7. The van der Waals surface area contributed by atoms with Gasteiger partial charge < -0.3 is 9.64 Å². The molecule has 2 rings (SSSR count). The van der Waals surface area contributed by atoms with Crippen LogP contribution in [0.5, 0.6) is 5.75 Å². The van der Waals surface area contributed by atoms with Crippen molar-refractivity contribution in [1.82, 2.24) is 4.90 Å². The second kappa shape index (κ2) is 6.97. The van der Waals surface area contributed by atoms with Crippen LogP contribution >= 0.6 is 0 Å². The average Bonchev–Trinajstić information content (AvgIpc) is 2.48. The van der Waals surface area contributed by atoms with Gasteiger partial charge in [-0.1, -0.05) is 13.0 Å². The molecule has 1 aromatic rings. The molecule has 0 atom stereocenters. The number of benzene rings is 1. The highest BCUT2D eigenvalue weighted by molar-refractivity contribution is 5.77. The predicted octanol–water partition coefficient (Wildman–Crippen LogP) is 3.72. The van der Waals surface area contributed by atoms with Crippen molar-refractivity contribution in [3.05, 3.63) is 29.3 Å². The van der Waals surface area contributed by atoms with E-state index in [4.69, 9.17) is 4.74 Å². The summed E-state index contributed by atoms with van der Waals surface area (Å²) in [6.07, 6.45) is 4.68. The number of carbonyl (C=O) groups excluding carboxylic acids is 1. The molecule has 1 amide bonds. The largest absolute Gasteiger partial charge is 0.484 e. The first kappa shape index (κ1) is 15.9. The van der Waals surface area contributed by atoms with Crippen molar-refractivity contribution in [3.8, 4) is 5.75 Å². The predicted molar refractivity (Wildman–Crippen MR) is 85.6 cm³/mol. The van der Waals surface area contributed by atoms with Crippen molar-refractivity contribution in [2.24, 2.45) is 5.92 Å². The van der Waals surface area contributed by atoms with Gasteiger partial charge in [0, 0.05) is 13.1 Å². The summed E-state index contributed by atoms with van der Waals surface area (Å²) in [6.45, 7) is 6.55. The quantitative estimate of drug-likeness (QED) is 0.845. The number of carbonyl (C=O) groups is 1. The SMILES string of the molecule is Cc1ccc(OCC(=O)N(C)C2CCC(C)CC2)cc1C. The molecule has 0 unspecified atom stereocenters. The van der Waals surface area contributed by atoms with Gasteiger partial charge in [0.25, 0.3) is 5.91 Å². The number of hydrogen-bond acceptors (Lipinski definition) is 2. The fourth-order valence-electron chi connectivity index (χ4n) is 2.88. The zero-order chi connectivity index (χ0) is 15.4. The molecule has 1 aliphatic rings. The van der Waals surface area contributed by atoms with Gasteiger partial charge in [-0.3, -0.25) is 4.79 Å². The monoisotopic (exact) mass is 289 g/mol. The van der Waals surface area contributed by atoms with Gasteiger partial charge in [0.15, 0.2) is 6.61 Å². The van der Waals surface area contributed by atoms with E-state index >= 15 is 0 Å². The van der Waals surface area contributed by atoms with E-state index in [0.29, 0.717) is 6.04 Å². The van der Waals surface area contributed by atoms with Crippen LogP contribution in [0.1, 0.15) is 43.7 Å². The van der Waals surface area contributed by atoms with E-state index in [1.54, 1.807) is 0 Å². The molecule has 1 aromatic carbocycles. The Morgan fingerprint density at radius 3 is 2.48 bits per heavy atom. The van der Waals surface area contributed by atoms with E-state index in [9.17, 15) is 4.79 Å². The van der Waals surface area contributed by atoms with Gasteiger partial charge in [-0.05, 0) is 68.7 Å². The summed E-state index contributed by atoms with van der Waals surface area (Å²) in [5.74, 6) is 1.65. The van der Waals surface area contributed by atoms with E-state index in [-0.39, 0.29) is 12.5 Å². The molecule has 0 saturated heterocycles. The van der Waals surface area contributed by atoms with Crippen LogP contribution in [0.3, 0.4) is 0 Å². The van der Waals surface area contributed by atoms with Crippen LogP contribution in [0, 0.1) is 19.8 Å². The van der Waals surface area contributed by atoms with Crippen molar-refractivity contribution in [3.63, 3.8) is 0 Å². The average molecular weight is 289 g/mol. The van der Waals surface area contributed by atoms with Crippen LogP contribution in [-0.2, 0) is 4.79 Å². The van der Waals surface area contributed by atoms with Crippen LogP contribution in [0.25, 0.3) is 0 Å². The highest BCUT2D eigenvalue weighted by atomic mass is 16.5. The van der Waals surface area contributed by atoms with Crippen molar-refractivity contribution < 1.29 is 9.53 Å². The third kappa shape index (κ3) is 4.23. The van der Waals surface area contributed by atoms with E-state index in [1.807, 2.05) is 30.1 Å². The Hall–Kier alpha value is -1.51. The summed E-state index contributed by atoms with van der Waals surface area (Å²) >= 11 is 0. The first-order valence-electron chi connectivity index (χ1n) is 7.93. The molecule has 0 radical (unpaired) electrons. The van der Waals surface area contributed by atoms with Crippen molar-refractivity contribution >= 4 is 5.91 Å².